The summed E-state index contributed by atoms with van der Waals surface area (Å²) >= 11 is 0. The quantitative estimate of drug-likeness (QED) is 0.0762. The molecule has 6 aliphatic rings. The van der Waals surface area contributed by atoms with Crippen molar-refractivity contribution in [3.05, 3.63) is 129 Å². The van der Waals surface area contributed by atoms with Crippen LogP contribution in [-0.4, -0.2) is 182 Å². The highest BCUT2D eigenvalue weighted by Crippen LogP contribution is 2.43. The average Bonchev–Trinajstić information content (AvgIpc) is 4.29. The van der Waals surface area contributed by atoms with E-state index in [9.17, 15) is 55.6 Å². The number of carbonyl (C=O) groups excluding carboxylic acids is 4. The van der Waals surface area contributed by atoms with Gasteiger partial charge in [-0.05, 0) is 98.3 Å². The molecule has 0 aliphatic carbocycles. The van der Waals surface area contributed by atoms with Gasteiger partial charge >= 0.3 is 24.5 Å². The van der Waals surface area contributed by atoms with Gasteiger partial charge in [0, 0.05) is 121 Å². The van der Waals surface area contributed by atoms with Crippen LogP contribution < -0.4 is 30.5 Å². The highest BCUT2D eigenvalue weighted by molar-refractivity contribution is 5.94. The molecule has 0 saturated carbocycles. The lowest BCUT2D eigenvalue weighted by Crippen LogP contribution is -2.37. The zero-order chi connectivity index (χ0) is 59.8. The van der Waals surface area contributed by atoms with E-state index in [1.807, 2.05) is 15.9 Å². The molecule has 6 fully saturated rings. The number of hydrogen-bond donors (Lipinski definition) is 3. The van der Waals surface area contributed by atoms with E-state index in [-0.39, 0.29) is 57.8 Å². The fraction of sp³-hybridized carbons (Fsp3) is 0.500. The lowest BCUT2D eigenvalue weighted by molar-refractivity contribution is -0.384. The Labute approximate surface area is 480 Å². The first-order valence-corrected chi connectivity index (χ1v) is 27.6. The number of nitrogens with zero attached hydrogens (tertiary/aromatic N) is 10. The third kappa shape index (κ3) is 14.8. The number of ether oxygens (including phenoxy) is 3. The van der Waals surface area contributed by atoms with E-state index in [1.165, 1.54) is 80.0 Å². The van der Waals surface area contributed by atoms with Gasteiger partial charge in [-0.25, -0.2) is 9.59 Å². The minimum atomic E-state index is -4.44. The molecule has 452 valence electrons. The first-order valence-electron chi connectivity index (χ1n) is 27.6. The molecule has 5 aromatic rings. The van der Waals surface area contributed by atoms with Crippen LogP contribution >= 0.6 is 0 Å². The van der Waals surface area contributed by atoms with Crippen molar-refractivity contribution in [2.24, 2.45) is 10.8 Å². The maximum atomic E-state index is 14.0. The fourth-order valence-electron chi connectivity index (χ4n) is 11.7. The topological polar surface area (TPSA) is 227 Å². The van der Waals surface area contributed by atoms with Crippen LogP contribution in [0.4, 0.5) is 53.0 Å². The second kappa shape index (κ2) is 26.1. The van der Waals surface area contributed by atoms with E-state index >= 15 is 0 Å². The molecule has 22 nitrogen and oxygen atoms in total. The summed E-state index contributed by atoms with van der Waals surface area (Å²) in [6.07, 6.45) is -0.616. The second-order valence-corrected chi connectivity index (χ2v) is 21.8. The smallest absolute Gasteiger partial charge is 0.409 e. The first kappa shape index (κ1) is 60.9. The molecule has 6 saturated heterocycles. The van der Waals surface area contributed by atoms with Crippen LogP contribution in [0, 0.1) is 20.9 Å². The van der Waals surface area contributed by atoms with Crippen LogP contribution in [0.5, 0.6) is 5.75 Å². The zero-order valence-electron chi connectivity index (χ0n) is 46.6. The number of nitro benzene ring substituents is 1. The van der Waals surface area contributed by atoms with Gasteiger partial charge in [-0.2, -0.15) is 45.9 Å². The number of amides is 3. The van der Waals surface area contributed by atoms with Gasteiger partial charge in [0.2, 0.25) is 0 Å². The molecular weight excluding hydrogens is 1110 g/mol. The van der Waals surface area contributed by atoms with Gasteiger partial charge in [0.1, 0.15) is 5.75 Å². The van der Waals surface area contributed by atoms with Crippen LogP contribution in [0.15, 0.2) is 85.5 Å². The zero-order valence-corrected chi connectivity index (χ0v) is 46.6. The molecule has 2 aromatic heterocycles. The summed E-state index contributed by atoms with van der Waals surface area (Å²) in [6, 6.07) is 14.2. The number of likely N-dealkylation sites (tertiary alicyclic amines) is 3. The van der Waals surface area contributed by atoms with Crippen molar-refractivity contribution in [2.75, 3.05) is 129 Å². The predicted molar refractivity (Wildman–Crippen MR) is 294 cm³/mol. The molecule has 28 heteroatoms. The van der Waals surface area contributed by atoms with Crippen LogP contribution in [0.2, 0.25) is 0 Å². The average molecular weight is 1180 g/mol. The Hall–Kier alpha value is -7.66. The van der Waals surface area contributed by atoms with Gasteiger partial charge in [-0.3, -0.25) is 29.5 Å². The number of nitro groups is 1. The van der Waals surface area contributed by atoms with Crippen molar-refractivity contribution in [3.63, 3.8) is 0 Å². The summed E-state index contributed by atoms with van der Waals surface area (Å²) in [6.45, 7) is 11.3. The van der Waals surface area contributed by atoms with E-state index in [1.54, 1.807) is 23.1 Å². The third-order valence-corrected chi connectivity index (χ3v) is 16.2. The third-order valence-electron chi connectivity index (χ3n) is 16.2. The molecule has 8 heterocycles. The first-order chi connectivity index (χ1) is 40.1. The van der Waals surface area contributed by atoms with Crippen LogP contribution in [0.25, 0.3) is 0 Å². The molecule has 0 radical (unpaired) electrons. The fourth-order valence-corrected chi connectivity index (χ4v) is 11.7. The van der Waals surface area contributed by atoms with Crippen LogP contribution in [-0.2, 0) is 34.9 Å². The Kier molecular flexibility index (Phi) is 18.9. The van der Waals surface area contributed by atoms with E-state index < -0.39 is 34.5 Å². The molecule has 6 aliphatic heterocycles. The largest absolute Gasteiger partial charge is 0.440 e. The Bertz CT molecular complexity index is 3140. The number of halogens is 6. The summed E-state index contributed by atoms with van der Waals surface area (Å²) in [7, 11) is 2.96. The molecule has 84 heavy (non-hydrogen) atoms. The number of alkyl halides is 6. The van der Waals surface area contributed by atoms with Crippen molar-refractivity contribution in [1.29, 1.82) is 0 Å². The number of benzene rings is 3. The summed E-state index contributed by atoms with van der Waals surface area (Å²) in [5, 5.41) is 26.5. The predicted octanol–water partition coefficient (Wildman–Crippen LogP) is 6.59. The number of nitrogens with one attached hydrogen (secondary N) is 3. The summed E-state index contributed by atoms with van der Waals surface area (Å²) in [5.41, 5.74) is 1.29. The maximum absolute atomic E-state index is 14.0. The Morgan fingerprint density at radius 3 is 1.63 bits per heavy atom. The molecule has 3 amide bonds. The Morgan fingerprint density at radius 1 is 0.655 bits per heavy atom. The molecule has 2 spiro atoms. The number of rotatable bonds is 10. The Morgan fingerprint density at radius 2 is 1.14 bits per heavy atom. The number of anilines is 2. The second-order valence-electron chi connectivity index (χ2n) is 21.8. The Balaban J connectivity index is 0.000000158. The van der Waals surface area contributed by atoms with Gasteiger partial charge in [-0.1, -0.05) is 12.1 Å². The lowest BCUT2D eigenvalue weighted by Gasteiger charge is -2.30. The molecule has 0 bridgehead atoms. The highest BCUT2D eigenvalue weighted by atomic mass is 19.4. The van der Waals surface area contributed by atoms with Crippen LogP contribution in [0.1, 0.15) is 68.7 Å². The van der Waals surface area contributed by atoms with Gasteiger partial charge in [0.25, 0.3) is 17.5 Å². The maximum Gasteiger partial charge on any atom is 0.440 e. The van der Waals surface area contributed by atoms with Crippen molar-refractivity contribution in [3.8, 4) is 5.75 Å². The van der Waals surface area contributed by atoms with E-state index in [2.05, 4.69) is 35.9 Å². The molecule has 11 rings (SSSR count). The van der Waals surface area contributed by atoms with Crippen LogP contribution in [0.3, 0.4) is 0 Å². The number of aromatic nitrogens is 4. The molecular formula is C56H67F6N13O9. The molecule has 2 atom stereocenters. The van der Waals surface area contributed by atoms with E-state index in [0.717, 1.165) is 56.5 Å². The van der Waals surface area contributed by atoms with Crippen molar-refractivity contribution in [2.45, 2.75) is 51.1 Å². The summed E-state index contributed by atoms with van der Waals surface area (Å²) < 4.78 is 101. The van der Waals surface area contributed by atoms with Crippen molar-refractivity contribution < 1.29 is 64.7 Å². The number of non-ortho nitro benzene ring substituents is 1. The van der Waals surface area contributed by atoms with Gasteiger partial charge in [0.05, 0.1) is 72.2 Å². The van der Waals surface area contributed by atoms with E-state index in [4.69, 9.17) is 14.2 Å². The van der Waals surface area contributed by atoms with E-state index in [0.29, 0.717) is 108 Å². The van der Waals surface area contributed by atoms with Crippen molar-refractivity contribution >= 4 is 41.0 Å². The van der Waals surface area contributed by atoms with Gasteiger partial charge in [-0.15, -0.1) is 0 Å². The SMILES string of the molecule is CNC(=O)c1cnn(C(=O)N2CCC3(CCN(Cc4ccc(N5CCOCC5)cc4C(F)(F)F)C3)C2)c1.CNC(=O)c1cnn(C(=O)Oc2ccc([N+](=O)[O-])cc2)c1.FC(F)(F)c1cc(N2CCOCC2)ccc1CN1CCC2(CCNC2)C1. The molecule has 3 aromatic carbocycles. The summed E-state index contributed by atoms with van der Waals surface area (Å²) in [5.74, 6) is -0.577. The van der Waals surface area contributed by atoms with Crippen molar-refractivity contribution in [1.82, 2.24) is 50.2 Å². The number of morpholine rings is 2. The minimum Gasteiger partial charge on any atom is -0.409 e. The summed E-state index contributed by atoms with van der Waals surface area (Å²) in [4.78, 5) is 67.6. The number of carbonyl (C=O) groups is 4. The number of hydrogen-bond acceptors (Lipinski definition) is 16. The molecule has 3 N–H and O–H groups in total. The standard InChI is InChI=1S/C25H31F3N6O3.C19H26F3N3O.C12H10N4O5/c1-29-22(35)19-13-30-34(15-19)23(36)33-7-5-24(17-33)4-6-31(16-24)14-18-2-3-20(12-21(18)25(26,27)28)32-8-10-37-11-9-32;20-19(21,22)17-11-16(25-7-9-26-10-8-25)2-1-15(17)12-24-6-4-18(14-24)3-5-23-13-18;1-13-11(17)8-6-14-15(7-8)12(18)21-10-4-2-9(3-5-10)16(19)20/h2-3,12-13,15H,4-11,14,16-17H2,1H3,(H,29,35);1-2,11,23H,3-10,12-14H2;2-7H,1H3,(H,13,17). The minimum absolute atomic E-state index is 0.115. The lowest BCUT2D eigenvalue weighted by atomic mass is 9.86. The normalized spacial score (nSPS) is 21.0. The molecule has 2 unspecified atom stereocenters. The monoisotopic (exact) mass is 1180 g/mol. The van der Waals surface area contributed by atoms with Gasteiger partial charge < -0.3 is 44.9 Å². The highest BCUT2D eigenvalue weighted by Gasteiger charge is 2.46. The van der Waals surface area contributed by atoms with Gasteiger partial charge in [0.15, 0.2) is 0 Å².